The van der Waals surface area contributed by atoms with Crippen LogP contribution in [-0.2, 0) is 79.9 Å². The van der Waals surface area contributed by atoms with Gasteiger partial charge >= 0.3 is 117 Å². The van der Waals surface area contributed by atoms with Crippen LogP contribution in [0.3, 0.4) is 0 Å². The van der Waals surface area contributed by atoms with Crippen LogP contribution in [0.1, 0.15) is 0 Å². The molecule has 440 valence electrons. The molecule has 0 unspecified atom stereocenters. The van der Waals surface area contributed by atoms with Crippen molar-refractivity contribution >= 4 is 133 Å². The zero-order chi connectivity index (χ0) is 59.7. The van der Waals surface area contributed by atoms with Gasteiger partial charge in [-0.25, -0.2) is 0 Å². The molecule has 4 heterocycles. The summed E-state index contributed by atoms with van der Waals surface area (Å²) in [5.74, 6) is 0. The third-order valence-corrected chi connectivity index (χ3v) is 21.0. The van der Waals surface area contributed by atoms with Crippen LogP contribution < -0.4 is 64.2 Å². The maximum absolute atomic E-state index is 4.56. The molecule has 12 rings (SSSR count). The summed E-state index contributed by atoms with van der Waals surface area (Å²) in [6.07, 6.45) is 7.49. The average Bonchev–Trinajstić information content (AvgIpc) is 3.65. The Morgan fingerprint density at radius 1 is 0.167 bits per heavy atom. The van der Waals surface area contributed by atoms with Gasteiger partial charge in [-0.05, 0) is 91.0 Å². The number of halogens is 4. The Labute approximate surface area is 566 Å². The Kier molecular flexibility index (Phi) is 37.7. The molecule has 0 radical (unpaired) electrons. The third kappa shape index (κ3) is 23.7. The van der Waals surface area contributed by atoms with Gasteiger partial charge in [0.2, 0.25) is 0 Å². The minimum Gasteiger partial charge on any atom is -0.256 e. The van der Waals surface area contributed by atoms with Crippen molar-refractivity contribution in [2.24, 2.45) is 0 Å². The number of rotatable bonds is 12. The van der Waals surface area contributed by atoms with Gasteiger partial charge in [0.15, 0.2) is 0 Å². The number of hydrogen-bond acceptors (Lipinski definition) is 4. The second-order valence-corrected chi connectivity index (χ2v) is 25.4. The monoisotopic (exact) mass is 1620 g/mol. The molecule has 4 aromatic heterocycles. The number of nitrogens with zero attached hydrogens (tertiary/aromatic N) is 4. The van der Waals surface area contributed by atoms with E-state index in [2.05, 4.69) is 428 Å². The molecule has 4 nitrogen and oxygen atoms in total. The average molecular weight is 1630 g/mol. The van der Waals surface area contributed by atoms with Gasteiger partial charge in [0, 0.05) is 56.5 Å². The van der Waals surface area contributed by atoms with E-state index in [0.717, 1.165) is 21.7 Å². The van der Waals surface area contributed by atoms with Crippen molar-refractivity contribution in [3.63, 3.8) is 0 Å². The SMILES string of the molecule is [Cl][Ag].[Cl][Ag].[Cl][Ag].[Cl][Ag].c1ccc(P(c2ccccc2)c2ccccn2)cc1.c1ccc(P(c2ccccc2)c2ccccn2)cc1.c1ccc(P(c2ccccc2)c2ccccn2)cc1.c1ccc(P(c2ccccc2)c2ccccn2)cc1. The molecule has 12 aromatic rings. The minimum atomic E-state index is -0.557. The summed E-state index contributed by atoms with van der Waals surface area (Å²) < 4.78 is 0. The maximum atomic E-state index is 4.56. The number of hydrogen-bond donors (Lipinski definition) is 0. The first-order valence-corrected chi connectivity index (χ1v) is 38.5. The minimum absolute atomic E-state index is 0.557. The van der Waals surface area contributed by atoms with Crippen LogP contribution >= 0.6 is 68.4 Å². The maximum Gasteiger partial charge on any atom is 0.0720 e. The molecule has 0 aliphatic rings. The molecule has 0 N–H and O–H groups in total. The topological polar surface area (TPSA) is 51.6 Å². The van der Waals surface area contributed by atoms with Gasteiger partial charge in [-0.1, -0.05) is 267 Å². The molecule has 0 saturated carbocycles. The van der Waals surface area contributed by atoms with E-state index in [4.69, 9.17) is 0 Å². The second kappa shape index (κ2) is 44.6. The standard InChI is InChI=1S/4C17H14NP.4Ag.4ClH/c4*1-3-9-15(10-4-1)19(16-11-5-2-6-12-16)17-13-7-8-14-18-17;;;;;;;;/h4*1-14H;;;;;4*1H/q;;;;4*+1;;;;/p-4. The fourth-order valence-corrected chi connectivity index (χ4v) is 17.0. The van der Waals surface area contributed by atoms with Crippen LogP contribution in [0.15, 0.2) is 340 Å². The first-order valence-electron chi connectivity index (χ1n) is 25.5. The van der Waals surface area contributed by atoms with Crippen molar-refractivity contribution in [1.29, 1.82) is 0 Å². The largest absolute Gasteiger partial charge is 0.256 e. The van der Waals surface area contributed by atoms with E-state index in [-0.39, 0.29) is 0 Å². The first kappa shape index (κ1) is 71.0. The van der Waals surface area contributed by atoms with Gasteiger partial charge in [0.05, 0.1) is 21.7 Å². The summed E-state index contributed by atoms with van der Waals surface area (Å²) in [5.41, 5.74) is 4.59. The summed E-state index contributed by atoms with van der Waals surface area (Å²) in [7, 11) is 15.6. The summed E-state index contributed by atoms with van der Waals surface area (Å²) in [6.45, 7) is 0. The molecule has 0 saturated heterocycles. The van der Waals surface area contributed by atoms with Crippen LogP contribution in [-0.4, -0.2) is 19.9 Å². The van der Waals surface area contributed by atoms with E-state index in [1.54, 1.807) is 0 Å². The molecule has 16 heteroatoms. The van der Waals surface area contributed by atoms with E-state index in [1.807, 2.05) is 49.1 Å². The number of aromatic nitrogens is 4. The van der Waals surface area contributed by atoms with Crippen molar-refractivity contribution < 1.29 is 79.9 Å². The smallest absolute Gasteiger partial charge is 0.0720 e. The van der Waals surface area contributed by atoms with Gasteiger partial charge in [0.1, 0.15) is 0 Å². The molecule has 0 fully saturated rings. The number of pyridine rings is 4. The number of benzene rings is 8. The first-order chi connectivity index (χ1) is 41.8. The van der Waals surface area contributed by atoms with E-state index in [0.29, 0.717) is 0 Å². The molecular formula is C68H56Ag4Cl4N4P4. The fourth-order valence-electron chi connectivity index (χ4n) is 8.22. The van der Waals surface area contributed by atoms with E-state index in [1.165, 1.54) is 42.4 Å². The van der Waals surface area contributed by atoms with Crippen LogP contribution in [0, 0.1) is 0 Å². The summed E-state index contributed by atoms with van der Waals surface area (Å²) in [5, 5.41) is 10.7. The van der Waals surface area contributed by atoms with Crippen LogP contribution in [0.2, 0.25) is 0 Å². The predicted octanol–water partition coefficient (Wildman–Crippen LogP) is 14.1. The fraction of sp³-hybridized carbons (Fsp3) is 0. The van der Waals surface area contributed by atoms with Gasteiger partial charge in [-0.2, -0.15) is 0 Å². The molecule has 8 aromatic carbocycles. The van der Waals surface area contributed by atoms with Gasteiger partial charge in [-0.15, -0.1) is 0 Å². The Morgan fingerprint density at radius 3 is 0.393 bits per heavy atom. The van der Waals surface area contributed by atoms with Crippen molar-refractivity contribution in [3.05, 3.63) is 340 Å². The molecule has 0 aliphatic heterocycles. The molecule has 0 spiro atoms. The van der Waals surface area contributed by atoms with Crippen molar-refractivity contribution in [2.45, 2.75) is 0 Å². The van der Waals surface area contributed by atoms with Crippen molar-refractivity contribution in [2.75, 3.05) is 0 Å². The second-order valence-electron chi connectivity index (χ2n) is 16.8. The van der Waals surface area contributed by atoms with Crippen molar-refractivity contribution in [1.82, 2.24) is 19.9 Å². The molecule has 0 amide bonds. The summed E-state index contributed by atoms with van der Waals surface area (Å²) >= 11 is 9.69. The third-order valence-electron chi connectivity index (χ3n) is 11.6. The van der Waals surface area contributed by atoms with Gasteiger partial charge in [0.25, 0.3) is 0 Å². The molecular weight excluding hydrogens is 1570 g/mol. The summed E-state index contributed by atoms with van der Waals surface area (Å²) in [6, 6.07) is 110. The van der Waals surface area contributed by atoms with Crippen LogP contribution in [0.4, 0.5) is 0 Å². The van der Waals surface area contributed by atoms with E-state index >= 15 is 0 Å². The Balaban J connectivity index is 0.000000197. The summed E-state index contributed by atoms with van der Waals surface area (Å²) in [4.78, 5) is 18.2. The Hall–Kier alpha value is -3.80. The zero-order valence-electron chi connectivity index (χ0n) is 44.6. The zero-order valence-corrected chi connectivity index (χ0v) is 57.2. The van der Waals surface area contributed by atoms with E-state index < -0.39 is 31.7 Å². The molecule has 0 aliphatic carbocycles. The quantitative estimate of drug-likeness (QED) is 0.0903. The Morgan fingerprint density at radius 2 is 0.286 bits per heavy atom. The predicted molar refractivity (Wildman–Crippen MR) is 355 cm³/mol. The van der Waals surface area contributed by atoms with Crippen molar-refractivity contribution in [3.8, 4) is 0 Å². The van der Waals surface area contributed by atoms with Crippen LogP contribution in [0.5, 0.6) is 0 Å². The van der Waals surface area contributed by atoms with Gasteiger partial charge < -0.3 is 0 Å². The molecule has 0 atom stereocenters. The molecule has 84 heavy (non-hydrogen) atoms. The van der Waals surface area contributed by atoms with E-state index in [9.17, 15) is 0 Å². The van der Waals surface area contributed by atoms with Crippen LogP contribution in [0.25, 0.3) is 0 Å². The van der Waals surface area contributed by atoms with Gasteiger partial charge in [-0.3, -0.25) is 19.9 Å². The normalized spacial score (nSPS) is 9.90. The molecule has 0 bridgehead atoms. The Bertz CT molecular complexity index is 2640.